The molecular formula is C21H20N2O3S. The van der Waals surface area contributed by atoms with Crippen molar-refractivity contribution in [3.63, 3.8) is 0 Å². The van der Waals surface area contributed by atoms with E-state index in [1.54, 1.807) is 28.8 Å². The van der Waals surface area contributed by atoms with Crippen molar-refractivity contribution < 1.29 is 14.3 Å². The van der Waals surface area contributed by atoms with E-state index >= 15 is 0 Å². The number of rotatable bonds is 3. The van der Waals surface area contributed by atoms with Gasteiger partial charge in [0.1, 0.15) is 0 Å². The Kier molecular flexibility index (Phi) is 4.90. The Bertz CT molecular complexity index is 998. The number of esters is 1. The first-order chi connectivity index (χ1) is 13.1. The topological polar surface area (TPSA) is 62.4 Å². The lowest BCUT2D eigenvalue weighted by Gasteiger charge is -2.22. The molecule has 1 atom stereocenters. The fourth-order valence-electron chi connectivity index (χ4n) is 3.21. The number of thioether (sulfide) groups is 1. The van der Waals surface area contributed by atoms with Gasteiger partial charge >= 0.3 is 5.97 Å². The van der Waals surface area contributed by atoms with Crippen LogP contribution in [-0.4, -0.2) is 35.3 Å². The molecule has 1 amide bonds. The molecule has 1 aliphatic heterocycles. The van der Waals surface area contributed by atoms with E-state index in [1.807, 2.05) is 42.6 Å². The van der Waals surface area contributed by atoms with E-state index in [9.17, 15) is 9.59 Å². The predicted octanol–water partition coefficient (Wildman–Crippen LogP) is 4.24. The summed E-state index contributed by atoms with van der Waals surface area (Å²) in [5.41, 5.74) is 2.18. The molecule has 1 N–H and O–H groups in total. The number of H-pyrrole nitrogens is 1. The molecule has 6 heteroatoms. The number of carbonyl (C=O) groups excluding carboxylic acids is 2. The third-order valence-corrected chi connectivity index (χ3v) is 5.90. The van der Waals surface area contributed by atoms with E-state index in [2.05, 4.69) is 11.9 Å². The summed E-state index contributed by atoms with van der Waals surface area (Å²) in [6, 6.07) is 15.1. The number of amides is 1. The molecule has 1 aromatic heterocycles. The second kappa shape index (κ2) is 7.48. The lowest BCUT2D eigenvalue weighted by molar-refractivity contribution is -0.121. The summed E-state index contributed by atoms with van der Waals surface area (Å²) in [4.78, 5) is 31.0. The highest BCUT2D eigenvalue weighted by atomic mass is 32.2. The van der Waals surface area contributed by atoms with Crippen molar-refractivity contribution in [3.8, 4) is 0 Å². The number of hydrogen-bond acceptors (Lipinski definition) is 4. The van der Waals surface area contributed by atoms with Gasteiger partial charge in [-0.05, 0) is 42.1 Å². The summed E-state index contributed by atoms with van der Waals surface area (Å²) in [5.74, 6) is -0.697. The lowest BCUT2D eigenvalue weighted by atomic mass is 10.2. The van der Waals surface area contributed by atoms with Gasteiger partial charge in [-0.1, -0.05) is 25.1 Å². The van der Waals surface area contributed by atoms with Crippen LogP contribution in [0.3, 0.4) is 0 Å². The van der Waals surface area contributed by atoms with Gasteiger partial charge in [0.25, 0.3) is 5.91 Å². The SMILES string of the molecule is CC1CCN(C(=O)COC(=O)c2ccc3cc[nH]c3c2)c2ccccc2S1. The Balaban J connectivity index is 1.46. The fraction of sp³-hybridized carbons (Fsp3) is 0.238. The lowest BCUT2D eigenvalue weighted by Crippen LogP contribution is -2.35. The van der Waals surface area contributed by atoms with Crippen LogP contribution < -0.4 is 4.90 Å². The van der Waals surface area contributed by atoms with Gasteiger partial charge in [0.2, 0.25) is 0 Å². The summed E-state index contributed by atoms with van der Waals surface area (Å²) in [6.45, 7) is 2.51. The molecule has 0 aliphatic carbocycles. The summed E-state index contributed by atoms with van der Waals surface area (Å²) in [5, 5.41) is 1.45. The molecule has 4 rings (SSSR count). The van der Waals surface area contributed by atoms with Gasteiger partial charge in [0.15, 0.2) is 6.61 Å². The maximum Gasteiger partial charge on any atom is 0.338 e. The van der Waals surface area contributed by atoms with Crippen LogP contribution in [0.4, 0.5) is 5.69 Å². The maximum atomic E-state index is 12.8. The van der Waals surface area contributed by atoms with E-state index in [4.69, 9.17) is 4.74 Å². The number of para-hydroxylation sites is 1. The Labute approximate surface area is 161 Å². The number of benzene rings is 2. The van der Waals surface area contributed by atoms with Crippen molar-refractivity contribution in [2.45, 2.75) is 23.5 Å². The Morgan fingerprint density at radius 2 is 2.07 bits per heavy atom. The summed E-state index contributed by atoms with van der Waals surface area (Å²) in [6.07, 6.45) is 2.71. The predicted molar refractivity (Wildman–Crippen MR) is 107 cm³/mol. The summed E-state index contributed by atoms with van der Waals surface area (Å²) in [7, 11) is 0. The molecule has 1 unspecified atom stereocenters. The number of fused-ring (bicyclic) bond motifs is 2. The van der Waals surface area contributed by atoms with Crippen LogP contribution in [0.1, 0.15) is 23.7 Å². The largest absolute Gasteiger partial charge is 0.452 e. The molecule has 0 saturated carbocycles. The molecule has 0 radical (unpaired) electrons. The van der Waals surface area contributed by atoms with Crippen LogP contribution in [0.25, 0.3) is 10.9 Å². The number of anilines is 1. The molecule has 0 bridgehead atoms. The maximum absolute atomic E-state index is 12.8. The zero-order chi connectivity index (χ0) is 18.8. The van der Waals surface area contributed by atoms with E-state index < -0.39 is 5.97 Å². The highest BCUT2D eigenvalue weighted by Gasteiger charge is 2.25. The third-order valence-electron chi connectivity index (χ3n) is 4.66. The standard InChI is InChI=1S/C21H20N2O3S/c1-14-9-11-23(18-4-2-3-5-19(18)27-14)20(24)13-26-21(25)16-7-6-15-8-10-22-17(15)12-16/h2-8,10,12,14,22H,9,11,13H2,1H3. The number of nitrogens with zero attached hydrogens (tertiary/aromatic N) is 1. The Morgan fingerprint density at radius 1 is 1.22 bits per heavy atom. The smallest absolute Gasteiger partial charge is 0.338 e. The number of nitrogens with one attached hydrogen (secondary N) is 1. The molecule has 2 heterocycles. The van der Waals surface area contributed by atoms with E-state index in [1.165, 1.54) is 0 Å². The molecular weight excluding hydrogens is 360 g/mol. The third kappa shape index (κ3) is 3.71. The van der Waals surface area contributed by atoms with E-state index in [-0.39, 0.29) is 12.5 Å². The number of aromatic nitrogens is 1. The van der Waals surface area contributed by atoms with Crippen molar-refractivity contribution in [1.29, 1.82) is 0 Å². The summed E-state index contributed by atoms with van der Waals surface area (Å²) >= 11 is 1.77. The molecule has 5 nitrogen and oxygen atoms in total. The van der Waals surface area contributed by atoms with Crippen LogP contribution in [0.2, 0.25) is 0 Å². The average molecular weight is 380 g/mol. The minimum Gasteiger partial charge on any atom is -0.452 e. The minimum atomic E-state index is -0.495. The highest BCUT2D eigenvalue weighted by molar-refractivity contribution is 8.00. The highest BCUT2D eigenvalue weighted by Crippen LogP contribution is 2.37. The van der Waals surface area contributed by atoms with Gasteiger partial charge in [-0.25, -0.2) is 4.79 Å². The van der Waals surface area contributed by atoms with Crippen LogP contribution >= 0.6 is 11.8 Å². The van der Waals surface area contributed by atoms with Crippen molar-refractivity contribution in [1.82, 2.24) is 4.98 Å². The molecule has 3 aromatic rings. The number of carbonyl (C=O) groups is 2. The van der Waals surface area contributed by atoms with Gasteiger partial charge in [0, 0.05) is 28.4 Å². The molecule has 2 aromatic carbocycles. The van der Waals surface area contributed by atoms with E-state index in [0.29, 0.717) is 17.4 Å². The van der Waals surface area contributed by atoms with Gasteiger partial charge < -0.3 is 14.6 Å². The zero-order valence-electron chi connectivity index (χ0n) is 15.0. The van der Waals surface area contributed by atoms with E-state index in [0.717, 1.165) is 27.9 Å². The van der Waals surface area contributed by atoms with Gasteiger partial charge in [-0.2, -0.15) is 0 Å². The van der Waals surface area contributed by atoms with Crippen LogP contribution in [0.5, 0.6) is 0 Å². The number of aromatic amines is 1. The normalized spacial score (nSPS) is 16.6. The van der Waals surface area contributed by atoms with Crippen molar-refractivity contribution in [2.75, 3.05) is 18.1 Å². The van der Waals surface area contributed by atoms with Crippen molar-refractivity contribution in [3.05, 3.63) is 60.3 Å². The van der Waals surface area contributed by atoms with Crippen LogP contribution in [0.15, 0.2) is 59.6 Å². The van der Waals surface area contributed by atoms with Crippen LogP contribution in [0, 0.1) is 0 Å². The first kappa shape index (κ1) is 17.7. The Hall–Kier alpha value is -2.73. The zero-order valence-corrected chi connectivity index (χ0v) is 15.8. The number of ether oxygens (including phenoxy) is 1. The molecule has 0 saturated heterocycles. The minimum absolute atomic E-state index is 0.202. The molecule has 27 heavy (non-hydrogen) atoms. The second-order valence-corrected chi connectivity index (χ2v) is 8.07. The molecule has 138 valence electrons. The Morgan fingerprint density at radius 3 is 2.96 bits per heavy atom. The van der Waals surface area contributed by atoms with Gasteiger partial charge in [-0.15, -0.1) is 11.8 Å². The first-order valence-electron chi connectivity index (χ1n) is 8.92. The molecule has 0 spiro atoms. The number of hydrogen-bond donors (Lipinski definition) is 1. The summed E-state index contributed by atoms with van der Waals surface area (Å²) < 4.78 is 5.30. The van der Waals surface area contributed by atoms with Crippen molar-refractivity contribution >= 4 is 40.2 Å². The van der Waals surface area contributed by atoms with Gasteiger partial charge in [0.05, 0.1) is 11.3 Å². The molecule has 0 fully saturated rings. The molecule has 1 aliphatic rings. The monoisotopic (exact) mass is 380 g/mol. The quantitative estimate of drug-likeness (QED) is 0.690. The first-order valence-corrected chi connectivity index (χ1v) is 9.80. The van der Waals surface area contributed by atoms with Gasteiger partial charge in [-0.3, -0.25) is 4.79 Å². The fourth-order valence-corrected chi connectivity index (χ4v) is 4.32. The van der Waals surface area contributed by atoms with Crippen molar-refractivity contribution in [2.24, 2.45) is 0 Å². The second-order valence-electron chi connectivity index (χ2n) is 6.59. The average Bonchev–Trinajstić information content (AvgIpc) is 3.08. The van der Waals surface area contributed by atoms with Crippen LogP contribution in [-0.2, 0) is 9.53 Å².